The molecule has 6 nitrogen and oxygen atoms in total. The lowest BCUT2D eigenvalue weighted by Crippen LogP contribution is -2.92. The molecule has 4 aromatic rings. The maximum absolute atomic E-state index is 13.4. The number of hydrogen-bond acceptors (Lipinski definition) is 6. The molecule has 0 bridgehead atoms. The first-order valence-electron chi connectivity index (χ1n) is 15.5. The molecule has 0 amide bonds. The summed E-state index contributed by atoms with van der Waals surface area (Å²) in [4.78, 5) is 2.13. The Labute approximate surface area is 261 Å². The van der Waals surface area contributed by atoms with Gasteiger partial charge in [-0.2, -0.15) is 8.42 Å². The number of rotatable bonds is 11. The van der Waals surface area contributed by atoms with Crippen molar-refractivity contribution >= 4 is 10.1 Å². The summed E-state index contributed by atoms with van der Waals surface area (Å²) in [6.45, 7) is 4.78. The van der Waals surface area contributed by atoms with Gasteiger partial charge in [0.15, 0.2) is 5.72 Å². The number of aliphatic hydroxyl groups is 1. The first-order chi connectivity index (χ1) is 21.2. The first kappa shape index (κ1) is 30.7. The third-order valence-corrected chi connectivity index (χ3v) is 10.6. The Morgan fingerprint density at radius 1 is 0.773 bits per heavy atom. The van der Waals surface area contributed by atoms with E-state index in [0.717, 1.165) is 28.5 Å². The van der Waals surface area contributed by atoms with Crippen LogP contribution in [0.15, 0.2) is 121 Å². The largest absolute Gasteiger partial charge is 0.384 e. The number of nitrogens with zero attached hydrogens (tertiary/aromatic N) is 1. The molecule has 2 N–H and O–H groups in total. The van der Waals surface area contributed by atoms with Crippen LogP contribution in [0.25, 0.3) is 0 Å². The number of benzene rings is 4. The van der Waals surface area contributed by atoms with E-state index in [9.17, 15) is 13.5 Å². The quantitative estimate of drug-likeness (QED) is 0.200. The van der Waals surface area contributed by atoms with E-state index in [2.05, 4.69) is 65.7 Å². The highest BCUT2D eigenvalue weighted by molar-refractivity contribution is 7.86. The highest BCUT2D eigenvalue weighted by Gasteiger charge is 2.79. The van der Waals surface area contributed by atoms with Crippen LogP contribution in [0.2, 0.25) is 0 Å². The fourth-order valence-electron chi connectivity index (χ4n) is 8.02. The van der Waals surface area contributed by atoms with E-state index in [1.54, 1.807) is 0 Å². The van der Waals surface area contributed by atoms with Crippen molar-refractivity contribution in [3.8, 4) is 0 Å². The lowest BCUT2D eigenvalue weighted by atomic mass is 9.50. The molecule has 0 aliphatic carbocycles. The van der Waals surface area contributed by atoms with E-state index < -0.39 is 26.9 Å². The second-order valence-electron chi connectivity index (χ2n) is 12.3. The van der Waals surface area contributed by atoms with E-state index in [4.69, 9.17) is 4.18 Å². The minimum atomic E-state index is -4.03. The second kappa shape index (κ2) is 11.9. The third kappa shape index (κ3) is 4.91. The van der Waals surface area contributed by atoms with Gasteiger partial charge in [-0.05, 0) is 35.1 Å². The van der Waals surface area contributed by atoms with Crippen LogP contribution in [0.1, 0.15) is 60.9 Å². The summed E-state index contributed by atoms with van der Waals surface area (Å²) in [7, 11) is -4.03. The highest BCUT2D eigenvalue weighted by Crippen LogP contribution is 2.64. The standard InChI is InChI=1S/C37H42N2O4S/c1-4-35(26-38-34(35)32(28-18-10-6-11-19-28)29-20-12-7-13-21-29)37(43-44(3,41)42)36(40,5-2)27-39(37)33(30-22-14-8-15-23-30)31-24-16-9-17-25-31/h6-25,32-34,38,40H,4-5,26-27H2,1-3H3. The van der Waals surface area contributed by atoms with Crippen molar-refractivity contribution in [2.45, 2.75) is 56.0 Å². The summed E-state index contributed by atoms with van der Waals surface area (Å²) in [5.41, 5.74) is 0.509. The molecule has 2 aliphatic rings. The van der Waals surface area contributed by atoms with Gasteiger partial charge in [0.05, 0.1) is 12.3 Å². The van der Waals surface area contributed by atoms with Gasteiger partial charge < -0.3 is 10.4 Å². The topological polar surface area (TPSA) is 78.9 Å². The Morgan fingerprint density at radius 2 is 1.20 bits per heavy atom. The normalized spacial score (nSPS) is 27.2. The van der Waals surface area contributed by atoms with Gasteiger partial charge in [-0.3, -0.25) is 4.90 Å². The molecule has 2 fully saturated rings. The Morgan fingerprint density at radius 3 is 1.55 bits per heavy atom. The molecule has 230 valence electrons. The van der Waals surface area contributed by atoms with Crippen molar-refractivity contribution in [3.63, 3.8) is 0 Å². The van der Waals surface area contributed by atoms with Crippen LogP contribution in [0.3, 0.4) is 0 Å². The minimum absolute atomic E-state index is 0.110. The minimum Gasteiger partial charge on any atom is -0.384 e. The van der Waals surface area contributed by atoms with Gasteiger partial charge in [-0.1, -0.05) is 135 Å². The van der Waals surface area contributed by atoms with E-state index in [1.165, 1.54) is 0 Å². The SMILES string of the molecule is CCC1(O)CN(C(c2ccccc2)c2ccccc2)C1(OS(C)(=O)=O)C1(CC)CNC1C(c1ccccc1)c1ccccc1. The zero-order valence-electron chi connectivity index (χ0n) is 25.6. The second-order valence-corrected chi connectivity index (χ2v) is 13.9. The Hall–Kier alpha value is -3.33. The van der Waals surface area contributed by atoms with Gasteiger partial charge >= 0.3 is 0 Å². The van der Waals surface area contributed by atoms with E-state index in [-0.39, 0.29) is 24.5 Å². The van der Waals surface area contributed by atoms with Crippen LogP contribution in [-0.2, 0) is 14.3 Å². The lowest BCUT2D eigenvalue weighted by molar-refractivity contribution is -0.377. The van der Waals surface area contributed by atoms with Gasteiger partial charge in [0.2, 0.25) is 0 Å². The molecule has 44 heavy (non-hydrogen) atoms. The van der Waals surface area contributed by atoms with Gasteiger partial charge in [0.1, 0.15) is 5.60 Å². The Kier molecular flexibility index (Phi) is 8.28. The maximum atomic E-state index is 13.4. The number of likely N-dealkylation sites (tertiary alicyclic amines) is 1. The maximum Gasteiger partial charge on any atom is 0.266 e. The van der Waals surface area contributed by atoms with E-state index >= 15 is 0 Å². The zero-order chi connectivity index (χ0) is 31.0. The predicted octanol–water partition coefficient (Wildman–Crippen LogP) is 6.11. The number of hydrogen-bond donors (Lipinski definition) is 2. The van der Waals surface area contributed by atoms with Gasteiger partial charge in [-0.15, -0.1) is 0 Å². The van der Waals surface area contributed by atoms with E-state index in [1.807, 2.05) is 79.7 Å². The molecule has 4 aromatic carbocycles. The Bertz CT molecular complexity index is 1570. The van der Waals surface area contributed by atoms with Crippen LogP contribution >= 0.6 is 0 Å². The van der Waals surface area contributed by atoms with Gasteiger partial charge in [-0.25, -0.2) is 4.18 Å². The van der Waals surface area contributed by atoms with Crippen molar-refractivity contribution in [2.75, 3.05) is 19.3 Å². The molecule has 6 rings (SSSR count). The summed E-state index contributed by atoms with van der Waals surface area (Å²) in [6.07, 6.45) is 2.04. The van der Waals surface area contributed by atoms with Crippen molar-refractivity contribution < 1.29 is 17.7 Å². The summed E-state index contributed by atoms with van der Waals surface area (Å²) in [5.74, 6) is -0.110. The summed E-state index contributed by atoms with van der Waals surface area (Å²) < 4.78 is 33.3. The van der Waals surface area contributed by atoms with Crippen molar-refractivity contribution in [2.24, 2.45) is 5.41 Å². The Balaban J connectivity index is 1.60. The van der Waals surface area contributed by atoms with Crippen molar-refractivity contribution in [1.29, 1.82) is 0 Å². The average molecular weight is 611 g/mol. The average Bonchev–Trinajstić information content (AvgIpc) is 3.04. The molecule has 0 spiro atoms. The van der Waals surface area contributed by atoms with Crippen LogP contribution < -0.4 is 5.32 Å². The molecule has 4 unspecified atom stereocenters. The molecule has 2 saturated heterocycles. The van der Waals surface area contributed by atoms with E-state index in [0.29, 0.717) is 19.4 Å². The molecule has 0 radical (unpaired) electrons. The summed E-state index contributed by atoms with van der Waals surface area (Å²) >= 11 is 0. The molecular formula is C37H42N2O4S. The molecule has 7 heteroatoms. The zero-order valence-corrected chi connectivity index (χ0v) is 26.5. The molecule has 0 saturated carbocycles. The van der Waals surface area contributed by atoms with Gasteiger partial charge in [0.25, 0.3) is 10.1 Å². The molecular weight excluding hydrogens is 568 g/mol. The van der Waals surface area contributed by atoms with Crippen LogP contribution in [0.4, 0.5) is 0 Å². The fourth-order valence-corrected chi connectivity index (χ4v) is 8.87. The van der Waals surface area contributed by atoms with Crippen LogP contribution in [-0.4, -0.2) is 55.1 Å². The van der Waals surface area contributed by atoms with Crippen LogP contribution in [0, 0.1) is 5.41 Å². The van der Waals surface area contributed by atoms with Crippen molar-refractivity contribution in [3.05, 3.63) is 144 Å². The molecule has 0 aromatic heterocycles. The summed E-state index contributed by atoms with van der Waals surface area (Å²) in [5, 5.41) is 16.4. The molecule has 2 aliphatic heterocycles. The lowest BCUT2D eigenvalue weighted by Gasteiger charge is -2.75. The molecule has 2 heterocycles. The highest BCUT2D eigenvalue weighted by atomic mass is 32.2. The molecule has 4 atom stereocenters. The number of nitrogens with one attached hydrogen (secondary N) is 1. The van der Waals surface area contributed by atoms with Crippen LogP contribution in [0.5, 0.6) is 0 Å². The smallest absolute Gasteiger partial charge is 0.266 e. The fraction of sp³-hybridized carbons (Fsp3) is 0.351. The third-order valence-electron chi connectivity index (χ3n) is 10.1. The summed E-state index contributed by atoms with van der Waals surface area (Å²) in [6, 6.07) is 40.4. The monoisotopic (exact) mass is 610 g/mol. The van der Waals surface area contributed by atoms with Crippen molar-refractivity contribution in [1.82, 2.24) is 10.2 Å². The predicted molar refractivity (Wildman–Crippen MR) is 175 cm³/mol. The first-order valence-corrected chi connectivity index (χ1v) is 17.3. The van der Waals surface area contributed by atoms with Gasteiger partial charge in [0, 0.05) is 30.5 Å². The number of β-amino-alcohol motifs (C(OH)–C–C–N with tert-alkyl or cyclic N) is 1.